The molecule has 1 aliphatic heterocycles. The molecule has 2 aliphatic rings. The highest BCUT2D eigenvalue weighted by atomic mass is 16.7. The first kappa shape index (κ1) is 15.9. The van der Waals surface area contributed by atoms with Gasteiger partial charge in [-0.05, 0) is 37.5 Å². The number of amides is 1. The van der Waals surface area contributed by atoms with Gasteiger partial charge >= 0.3 is 0 Å². The minimum Gasteiger partial charge on any atom is -0.454 e. The number of aromatic nitrogens is 2. The van der Waals surface area contributed by atoms with E-state index in [4.69, 9.17) is 14.0 Å². The summed E-state index contributed by atoms with van der Waals surface area (Å²) in [5.41, 5.74) is 0.818. The number of carbonyl (C=O) groups is 1. The smallest absolute Gasteiger partial charge is 0.231 e. The van der Waals surface area contributed by atoms with Gasteiger partial charge in [-0.1, -0.05) is 12.1 Å². The van der Waals surface area contributed by atoms with Gasteiger partial charge in [0.15, 0.2) is 11.5 Å². The van der Waals surface area contributed by atoms with E-state index < -0.39 is 0 Å². The number of benzene rings is 1. The molecule has 0 spiro atoms. The van der Waals surface area contributed by atoms with E-state index in [1.165, 1.54) is 0 Å². The quantitative estimate of drug-likeness (QED) is 0.769. The van der Waals surface area contributed by atoms with Crippen molar-refractivity contribution in [1.82, 2.24) is 15.0 Å². The first-order valence-electron chi connectivity index (χ1n) is 8.76. The zero-order chi connectivity index (χ0) is 17.2. The first-order chi connectivity index (χ1) is 12.2. The van der Waals surface area contributed by atoms with Crippen molar-refractivity contribution in [3.8, 4) is 22.9 Å². The summed E-state index contributed by atoms with van der Waals surface area (Å²) in [7, 11) is 0. The summed E-state index contributed by atoms with van der Waals surface area (Å²) >= 11 is 0. The number of fused-ring (bicyclic) bond motifs is 1. The summed E-state index contributed by atoms with van der Waals surface area (Å²) in [6.45, 7) is 3.71. The van der Waals surface area contributed by atoms with Crippen molar-refractivity contribution < 1.29 is 18.8 Å². The van der Waals surface area contributed by atoms with Crippen LogP contribution in [0.15, 0.2) is 22.7 Å². The third-order valence-corrected chi connectivity index (χ3v) is 4.43. The Bertz CT molecular complexity index is 769. The van der Waals surface area contributed by atoms with E-state index in [2.05, 4.69) is 17.1 Å². The van der Waals surface area contributed by atoms with E-state index in [-0.39, 0.29) is 18.6 Å². The summed E-state index contributed by atoms with van der Waals surface area (Å²) in [6.07, 6.45) is 3.56. The van der Waals surface area contributed by atoms with Crippen molar-refractivity contribution in [1.29, 1.82) is 0 Å². The molecule has 0 saturated heterocycles. The topological polar surface area (TPSA) is 77.7 Å². The average molecular weight is 343 g/mol. The Morgan fingerprint density at radius 3 is 2.88 bits per heavy atom. The van der Waals surface area contributed by atoms with Crippen LogP contribution in [-0.4, -0.2) is 40.8 Å². The highest BCUT2D eigenvalue weighted by molar-refractivity contribution is 5.81. The molecule has 2 aromatic rings. The Hall–Kier alpha value is -2.57. The van der Waals surface area contributed by atoms with Crippen LogP contribution in [-0.2, 0) is 11.2 Å². The van der Waals surface area contributed by atoms with Crippen LogP contribution in [0.2, 0.25) is 0 Å². The summed E-state index contributed by atoms with van der Waals surface area (Å²) in [5, 5.41) is 4.04. The maximum atomic E-state index is 12.3. The minimum atomic E-state index is 0.235. The zero-order valence-electron chi connectivity index (χ0n) is 14.2. The van der Waals surface area contributed by atoms with Crippen molar-refractivity contribution in [3.63, 3.8) is 0 Å². The molecule has 0 radical (unpaired) electrons. The number of carbonyl (C=O) groups excluding carboxylic acids is 1. The molecule has 1 aromatic heterocycles. The number of rotatable bonds is 7. The normalized spacial score (nSPS) is 15.4. The molecule has 1 amide bonds. The second-order valence-electron chi connectivity index (χ2n) is 6.43. The van der Waals surface area contributed by atoms with Crippen molar-refractivity contribution in [3.05, 3.63) is 24.1 Å². The molecule has 2 heterocycles. The van der Waals surface area contributed by atoms with Crippen LogP contribution in [0.5, 0.6) is 11.5 Å². The van der Waals surface area contributed by atoms with Crippen molar-refractivity contribution in [2.45, 2.75) is 32.6 Å². The summed E-state index contributed by atoms with van der Waals surface area (Å²) in [6, 6.07) is 5.56. The second-order valence-corrected chi connectivity index (χ2v) is 6.43. The van der Waals surface area contributed by atoms with Crippen LogP contribution in [0.25, 0.3) is 11.4 Å². The molecule has 1 saturated carbocycles. The van der Waals surface area contributed by atoms with Crippen LogP contribution >= 0.6 is 0 Å². The fraction of sp³-hybridized carbons (Fsp3) is 0.500. The Kier molecular flexibility index (Phi) is 4.29. The van der Waals surface area contributed by atoms with Gasteiger partial charge in [-0.25, -0.2) is 0 Å². The highest BCUT2D eigenvalue weighted by Gasteiger charge is 2.33. The van der Waals surface area contributed by atoms with Gasteiger partial charge in [-0.2, -0.15) is 4.98 Å². The maximum absolute atomic E-state index is 12.3. The van der Waals surface area contributed by atoms with Gasteiger partial charge in [0.2, 0.25) is 24.4 Å². The third kappa shape index (κ3) is 3.45. The van der Waals surface area contributed by atoms with Crippen LogP contribution in [0, 0.1) is 5.92 Å². The molecule has 0 bridgehead atoms. The molecule has 25 heavy (non-hydrogen) atoms. The van der Waals surface area contributed by atoms with Crippen LogP contribution in [0.1, 0.15) is 32.1 Å². The highest BCUT2D eigenvalue weighted by Crippen LogP contribution is 2.35. The predicted molar refractivity (Wildman–Crippen MR) is 89.2 cm³/mol. The van der Waals surface area contributed by atoms with Gasteiger partial charge in [-0.15, -0.1) is 0 Å². The minimum absolute atomic E-state index is 0.235. The van der Waals surface area contributed by atoms with E-state index in [0.29, 0.717) is 30.4 Å². The van der Waals surface area contributed by atoms with Crippen LogP contribution < -0.4 is 9.47 Å². The molecule has 1 fully saturated rings. The number of nitrogens with zero attached hydrogens (tertiary/aromatic N) is 3. The average Bonchev–Trinajstić information content (AvgIpc) is 3.18. The number of ether oxygens (including phenoxy) is 2. The molecular formula is C18H21N3O4. The first-order valence-corrected chi connectivity index (χ1v) is 8.76. The summed E-state index contributed by atoms with van der Waals surface area (Å²) in [4.78, 5) is 18.6. The van der Waals surface area contributed by atoms with E-state index >= 15 is 0 Å². The molecule has 132 valence electrons. The standard InChI is InChI=1S/C18H21N3O4/c1-2-8-21(18(22)12-3-4-12)9-7-16-19-17(20-25-16)13-5-6-14-15(10-13)24-11-23-14/h5-6,10,12H,2-4,7-9,11H2,1H3. The van der Waals surface area contributed by atoms with Gasteiger partial charge in [0.05, 0.1) is 0 Å². The van der Waals surface area contributed by atoms with Crippen molar-refractivity contribution >= 4 is 5.91 Å². The molecule has 1 aliphatic carbocycles. The van der Waals surface area contributed by atoms with Gasteiger partial charge in [0, 0.05) is 31.0 Å². The number of hydrogen-bond donors (Lipinski definition) is 0. The van der Waals surface area contributed by atoms with E-state index in [1.807, 2.05) is 23.1 Å². The SMILES string of the molecule is CCCN(CCc1nc(-c2ccc3c(c2)OCO3)no1)C(=O)C1CC1. The molecule has 0 atom stereocenters. The molecule has 0 N–H and O–H groups in total. The Morgan fingerprint density at radius 1 is 1.24 bits per heavy atom. The largest absolute Gasteiger partial charge is 0.454 e. The lowest BCUT2D eigenvalue weighted by Crippen LogP contribution is -2.34. The fourth-order valence-electron chi connectivity index (χ4n) is 2.93. The second kappa shape index (κ2) is 6.74. The lowest BCUT2D eigenvalue weighted by Gasteiger charge is -2.21. The predicted octanol–water partition coefficient (Wildman–Crippen LogP) is 2.66. The zero-order valence-corrected chi connectivity index (χ0v) is 14.2. The Morgan fingerprint density at radius 2 is 2.08 bits per heavy atom. The molecule has 7 heteroatoms. The lowest BCUT2D eigenvalue weighted by molar-refractivity contribution is -0.132. The molecular weight excluding hydrogens is 322 g/mol. The fourth-order valence-corrected chi connectivity index (χ4v) is 2.93. The molecule has 1 aromatic carbocycles. The van der Waals surface area contributed by atoms with Gasteiger partial charge in [0.1, 0.15) is 0 Å². The van der Waals surface area contributed by atoms with Gasteiger partial charge < -0.3 is 18.9 Å². The monoisotopic (exact) mass is 343 g/mol. The molecule has 4 rings (SSSR count). The summed E-state index contributed by atoms with van der Waals surface area (Å²) in [5.74, 6) is 2.96. The van der Waals surface area contributed by atoms with Gasteiger partial charge in [-0.3, -0.25) is 4.79 Å². The van der Waals surface area contributed by atoms with E-state index in [0.717, 1.165) is 37.1 Å². The van der Waals surface area contributed by atoms with Crippen molar-refractivity contribution in [2.24, 2.45) is 5.92 Å². The van der Waals surface area contributed by atoms with E-state index in [9.17, 15) is 4.79 Å². The maximum Gasteiger partial charge on any atom is 0.231 e. The van der Waals surface area contributed by atoms with Crippen LogP contribution in [0.4, 0.5) is 0 Å². The Balaban J connectivity index is 1.41. The Labute approximate surface area is 145 Å². The van der Waals surface area contributed by atoms with E-state index in [1.54, 1.807) is 0 Å². The summed E-state index contributed by atoms with van der Waals surface area (Å²) < 4.78 is 16.0. The lowest BCUT2D eigenvalue weighted by atomic mass is 10.2. The van der Waals surface area contributed by atoms with Gasteiger partial charge in [0.25, 0.3) is 0 Å². The number of hydrogen-bond acceptors (Lipinski definition) is 6. The third-order valence-electron chi connectivity index (χ3n) is 4.43. The van der Waals surface area contributed by atoms with Crippen LogP contribution in [0.3, 0.4) is 0 Å². The molecule has 7 nitrogen and oxygen atoms in total. The molecule has 0 unspecified atom stereocenters. The van der Waals surface area contributed by atoms with Crippen molar-refractivity contribution in [2.75, 3.05) is 19.9 Å².